The van der Waals surface area contributed by atoms with Crippen LogP contribution < -0.4 is 10.6 Å². The van der Waals surface area contributed by atoms with E-state index in [-0.39, 0.29) is 25.2 Å². The van der Waals surface area contributed by atoms with E-state index in [0.717, 1.165) is 12.1 Å². The molecule has 0 aliphatic carbocycles. The number of ether oxygens (including phenoxy) is 1. The Balaban J connectivity index is 2.56. The van der Waals surface area contributed by atoms with Gasteiger partial charge in [-0.25, -0.2) is 0 Å². The Bertz CT molecular complexity index is 649. The van der Waals surface area contributed by atoms with E-state index < -0.39 is 40.8 Å². The van der Waals surface area contributed by atoms with Gasteiger partial charge >= 0.3 is 12.1 Å². The summed E-state index contributed by atoms with van der Waals surface area (Å²) in [5, 5.41) is 15.9. The number of hydrogen-bond acceptors (Lipinski definition) is 6. The second kappa shape index (κ2) is 8.85. The molecular formula is C14H16F3N3O5. The normalized spacial score (nSPS) is 10.9. The molecule has 0 spiro atoms. The van der Waals surface area contributed by atoms with Crippen molar-refractivity contribution in [3.63, 3.8) is 0 Å². The number of esters is 1. The maximum Gasteiger partial charge on any atom is 0.416 e. The molecule has 25 heavy (non-hydrogen) atoms. The minimum Gasteiger partial charge on any atom is -0.456 e. The topological polar surface area (TPSA) is 111 Å². The summed E-state index contributed by atoms with van der Waals surface area (Å²) in [6.45, 7) is 1.18. The van der Waals surface area contributed by atoms with E-state index in [9.17, 15) is 32.9 Å². The minimum absolute atomic E-state index is 0.0274. The van der Waals surface area contributed by atoms with Crippen LogP contribution in [0.15, 0.2) is 18.2 Å². The zero-order chi connectivity index (χ0) is 19.0. The van der Waals surface area contributed by atoms with Gasteiger partial charge in [-0.1, -0.05) is 6.92 Å². The van der Waals surface area contributed by atoms with Gasteiger partial charge in [0.25, 0.3) is 11.6 Å². The van der Waals surface area contributed by atoms with Crippen molar-refractivity contribution < 1.29 is 32.4 Å². The van der Waals surface area contributed by atoms with Crippen LogP contribution in [0.5, 0.6) is 0 Å². The van der Waals surface area contributed by atoms with Crippen LogP contribution >= 0.6 is 0 Å². The number of nitro benzene ring substituents is 1. The summed E-state index contributed by atoms with van der Waals surface area (Å²) in [5.41, 5.74) is -1.96. The van der Waals surface area contributed by atoms with Gasteiger partial charge < -0.3 is 15.4 Å². The first-order chi connectivity index (χ1) is 11.6. The number of nitro groups is 1. The van der Waals surface area contributed by atoms with Crippen LogP contribution in [0.2, 0.25) is 0 Å². The molecule has 1 amide bonds. The van der Waals surface area contributed by atoms with E-state index >= 15 is 0 Å². The molecule has 0 aromatic heterocycles. The third-order valence-electron chi connectivity index (χ3n) is 2.94. The van der Waals surface area contributed by atoms with Gasteiger partial charge in [-0.15, -0.1) is 0 Å². The monoisotopic (exact) mass is 363 g/mol. The van der Waals surface area contributed by atoms with E-state index in [0.29, 0.717) is 6.07 Å². The molecule has 0 saturated heterocycles. The molecule has 0 heterocycles. The smallest absolute Gasteiger partial charge is 0.416 e. The van der Waals surface area contributed by atoms with Crippen LogP contribution in [0, 0.1) is 10.1 Å². The Morgan fingerprint density at radius 1 is 1.28 bits per heavy atom. The highest BCUT2D eigenvalue weighted by Gasteiger charge is 2.32. The molecule has 0 aliphatic rings. The van der Waals surface area contributed by atoms with Crippen LogP contribution in [0.3, 0.4) is 0 Å². The molecule has 138 valence electrons. The van der Waals surface area contributed by atoms with Crippen LogP contribution in [0.25, 0.3) is 0 Å². The summed E-state index contributed by atoms with van der Waals surface area (Å²) in [4.78, 5) is 32.2. The molecule has 0 bridgehead atoms. The van der Waals surface area contributed by atoms with Crippen molar-refractivity contribution in [1.29, 1.82) is 0 Å². The molecular weight excluding hydrogens is 347 g/mol. The number of benzene rings is 1. The molecule has 11 heteroatoms. The van der Waals surface area contributed by atoms with Crippen molar-refractivity contribution in [1.82, 2.24) is 5.32 Å². The maximum absolute atomic E-state index is 12.6. The van der Waals surface area contributed by atoms with E-state index in [2.05, 4.69) is 15.4 Å². The van der Waals surface area contributed by atoms with Crippen LogP contribution in [0.1, 0.15) is 18.9 Å². The largest absolute Gasteiger partial charge is 0.456 e. The molecule has 1 aromatic rings. The number of nitrogens with one attached hydrogen (secondary N) is 2. The molecule has 0 unspecified atom stereocenters. The zero-order valence-electron chi connectivity index (χ0n) is 13.2. The average molecular weight is 363 g/mol. The first kappa shape index (κ1) is 20.2. The summed E-state index contributed by atoms with van der Waals surface area (Å²) in [7, 11) is 0. The van der Waals surface area contributed by atoms with Gasteiger partial charge in [0, 0.05) is 25.6 Å². The summed E-state index contributed by atoms with van der Waals surface area (Å²) in [6.07, 6.45) is -4.56. The predicted molar refractivity (Wildman–Crippen MR) is 80.8 cm³/mol. The standard InChI is InChI=1S/C14H16F3N3O5/c1-2-13(22)25-8-12(21)19-6-5-18-10-4-3-9(14(15,16)17)7-11(10)20(23)24/h3-4,7,18H,2,5-6,8H2,1H3,(H,19,21). The lowest BCUT2D eigenvalue weighted by molar-refractivity contribution is -0.384. The highest BCUT2D eigenvalue weighted by molar-refractivity contribution is 5.80. The molecule has 1 rings (SSSR count). The number of halogens is 3. The summed E-state index contributed by atoms with van der Waals surface area (Å²) in [6, 6.07) is 2.11. The fourth-order valence-corrected chi connectivity index (χ4v) is 1.71. The van der Waals surface area contributed by atoms with Crippen molar-refractivity contribution in [3.8, 4) is 0 Å². The Morgan fingerprint density at radius 3 is 2.52 bits per heavy atom. The number of carbonyl (C=O) groups excluding carboxylic acids is 2. The second-order valence-electron chi connectivity index (χ2n) is 4.78. The van der Waals surface area contributed by atoms with Gasteiger partial charge in [0.1, 0.15) is 5.69 Å². The van der Waals surface area contributed by atoms with Gasteiger partial charge in [-0.2, -0.15) is 13.2 Å². The van der Waals surface area contributed by atoms with E-state index in [1.165, 1.54) is 0 Å². The summed E-state index contributed by atoms with van der Waals surface area (Å²) < 4.78 is 42.4. The van der Waals surface area contributed by atoms with Crippen molar-refractivity contribution in [2.75, 3.05) is 25.0 Å². The third kappa shape index (κ3) is 6.65. The molecule has 8 nitrogen and oxygen atoms in total. The molecule has 0 fully saturated rings. The number of carbonyl (C=O) groups is 2. The summed E-state index contributed by atoms with van der Waals surface area (Å²) >= 11 is 0. The van der Waals surface area contributed by atoms with Crippen molar-refractivity contribution >= 4 is 23.3 Å². The highest BCUT2D eigenvalue weighted by atomic mass is 19.4. The average Bonchev–Trinajstić information content (AvgIpc) is 2.55. The maximum atomic E-state index is 12.6. The second-order valence-corrected chi connectivity index (χ2v) is 4.78. The Kier molecular flexibility index (Phi) is 7.15. The first-order valence-corrected chi connectivity index (χ1v) is 7.17. The Morgan fingerprint density at radius 2 is 1.96 bits per heavy atom. The van der Waals surface area contributed by atoms with Crippen LogP contribution in [0.4, 0.5) is 24.5 Å². The van der Waals surface area contributed by atoms with Gasteiger partial charge in [0.15, 0.2) is 6.61 Å². The fourth-order valence-electron chi connectivity index (χ4n) is 1.71. The quantitative estimate of drug-likeness (QED) is 0.317. The van der Waals surface area contributed by atoms with Crippen molar-refractivity contribution in [2.45, 2.75) is 19.5 Å². The van der Waals surface area contributed by atoms with Crippen LogP contribution in [-0.4, -0.2) is 36.5 Å². The number of anilines is 1. The van der Waals surface area contributed by atoms with Gasteiger partial charge in [0.2, 0.25) is 0 Å². The predicted octanol–water partition coefficient (Wildman–Crippen LogP) is 2.09. The summed E-state index contributed by atoms with van der Waals surface area (Å²) in [5.74, 6) is -1.10. The molecule has 0 saturated carbocycles. The highest BCUT2D eigenvalue weighted by Crippen LogP contribution is 2.34. The SMILES string of the molecule is CCC(=O)OCC(=O)NCCNc1ccc(C(F)(F)F)cc1[N+](=O)[O-]. The number of alkyl halides is 3. The Hall–Kier alpha value is -2.85. The number of hydrogen-bond donors (Lipinski definition) is 2. The molecule has 2 N–H and O–H groups in total. The number of nitrogens with zero attached hydrogens (tertiary/aromatic N) is 1. The zero-order valence-corrected chi connectivity index (χ0v) is 13.2. The van der Waals surface area contributed by atoms with Gasteiger partial charge in [-0.3, -0.25) is 19.7 Å². The van der Waals surface area contributed by atoms with E-state index in [1.54, 1.807) is 6.92 Å². The van der Waals surface area contributed by atoms with Crippen LogP contribution in [-0.2, 0) is 20.5 Å². The van der Waals surface area contributed by atoms with Gasteiger partial charge in [0.05, 0.1) is 10.5 Å². The lowest BCUT2D eigenvalue weighted by Gasteiger charge is -2.11. The number of rotatable bonds is 8. The molecule has 0 radical (unpaired) electrons. The lowest BCUT2D eigenvalue weighted by atomic mass is 10.1. The third-order valence-corrected chi connectivity index (χ3v) is 2.94. The molecule has 0 atom stereocenters. The Labute approximate surface area is 140 Å². The van der Waals surface area contributed by atoms with Crippen molar-refractivity contribution in [2.24, 2.45) is 0 Å². The number of amides is 1. The van der Waals surface area contributed by atoms with E-state index in [4.69, 9.17) is 0 Å². The first-order valence-electron chi connectivity index (χ1n) is 7.17. The lowest BCUT2D eigenvalue weighted by Crippen LogP contribution is -2.32. The van der Waals surface area contributed by atoms with Crippen molar-refractivity contribution in [3.05, 3.63) is 33.9 Å². The minimum atomic E-state index is -4.69. The molecule has 1 aromatic carbocycles. The van der Waals surface area contributed by atoms with Gasteiger partial charge in [-0.05, 0) is 12.1 Å². The molecule has 0 aliphatic heterocycles. The fraction of sp³-hybridized carbons (Fsp3) is 0.429. The van der Waals surface area contributed by atoms with E-state index in [1.807, 2.05) is 0 Å².